The average Bonchev–Trinajstić information content (AvgIpc) is 2.93. The molecule has 0 aromatic carbocycles. The van der Waals surface area contributed by atoms with E-state index < -0.39 is 6.04 Å². The number of carbonyl (C=O) groups is 2. The normalized spacial score (nSPS) is 27.7. The van der Waals surface area contributed by atoms with Gasteiger partial charge in [-0.3, -0.25) is 9.69 Å². The van der Waals surface area contributed by atoms with Gasteiger partial charge in [0.05, 0.1) is 6.61 Å². The standard InChI is InChI=1S/C9H14N2O3/c1-6-8(13)11(7-2-3-7)9(14)10(6)4-5-12/h6-7,12H,2-5H2,1H3. The summed E-state index contributed by atoms with van der Waals surface area (Å²) in [5.41, 5.74) is 0. The molecule has 0 spiro atoms. The molecule has 1 saturated heterocycles. The van der Waals surface area contributed by atoms with Crippen LogP contribution in [0.3, 0.4) is 0 Å². The first-order chi connectivity index (χ1) is 6.66. The van der Waals surface area contributed by atoms with Crippen molar-refractivity contribution in [1.29, 1.82) is 0 Å². The van der Waals surface area contributed by atoms with Gasteiger partial charge in [-0.15, -0.1) is 0 Å². The van der Waals surface area contributed by atoms with E-state index in [1.165, 1.54) is 9.80 Å². The van der Waals surface area contributed by atoms with Gasteiger partial charge in [-0.1, -0.05) is 0 Å². The van der Waals surface area contributed by atoms with Crippen LogP contribution < -0.4 is 0 Å². The lowest BCUT2D eigenvalue weighted by Crippen LogP contribution is -2.36. The Morgan fingerprint density at radius 3 is 2.57 bits per heavy atom. The molecule has 0 aromatic heterocycles. The molecule has 0 bridgehead atoms. The fourth-order valence-electron chi connectivity index (χ4n) is 1.80. The third-order valence-electron chi connectivity index (χ3n) is 2.77. The quantitative estimate of drug-likeness (QED) is 0.638. The molecule has 78 valence electrons. The van der Waals surface area contributed by atoms with Crippen LogP contribution in [0.4, 0.5) is 4.79 Å². The van der Waals surface area contributed by atoms with Crippen LogP contribution in [-0.4, -0.2) is 52.1 Å². The van der Waals surface area contributed by atoms with Crippen LogP contribution in [0.1, 0.15) is 19.8 Å². The van der Waals surface area contributed by atoms with Gasteiger partial charge in [0.1, 0.15) is 6.04 Å². The Kier molecular flexibility index (Phi) is 2.19. The molecule has 0 aromatic rings. The van der Waals surface area contributed by atoms with E-state index in [0.29, 0.717) is 0 Å². The molecule has 14 heavy (non-hydrogen) atoms. The summed E-state index contributed by atoms with van der Waals surface area (Å²) in [6, 6.07) is -0.518. The van der Waals surface area contributed by atoms with Crippen molar-refractivity contribution in [2.45, 2.75) is 31.8 Å². The molecule has 1 aliphatic carbocycles. The molecule has 1 heterocycles. The highest BCUT2D eigenvalue weighted by Crippen LogP contribution is 2.32. The Balaban J connectivity index is 2.14. The highest BCUT2D eigenvalue weighted by atomic mass is 16.3. The molecule has 3 amide bonds. The van der Waals surface area contributed by atoms with Crippen LogP contribution in [0.25, 0.3) is 0 Å². The fourth-order valence-corrected chi connectivity index (χ4v) is 1.80. The second-order valence-corrected chi connectivity index (χ2v) is 3.81. The summed E-state index contributed by atoms with van der Waals surface area (Å²) in [4.78, 5) is 26.2. The first kappa shape index (κ1) is 9.45. The van der Waals surface area contributed by atoms with Gasteiger partial charge in [0.15, 0.2) is 0 Å². The SMILES string of the molecule is CC1C(=O)N(C2CC2)C(=O)N1CCO. The van der Waals surface area contributed by atoms with Crippen molar-refractivity contribution in [2.75, 3.05) is 13.2 Å². The minimum absolute atomic E-state index is 0.0954. The number of rotatable bonds is 3. The van der Waals surface area contributed by atoms with E-state index in [2.05, 4.69) is 0 Å². The number of β-amino-alcohol motifs (C(OH)–C–C–N with tert-alkyl or cyclic N) is 1. The number of aliphatic hydroxyl groups excluding tert-OH is 1. The molecular weight excluding hydrogens is 184 g/mol. The predicted octanol–water partition coefficient (Wildman–Crippen LogP) is -0.206. The summed E-state index contributed by atoms with van der Waals surface area (Å²) < 4.78 is 0. The summed E-state index contributed by atoms with van der Waals surface area (Å²) in [7, 11) is 0. The smallest absolute Gasteiger partial charge is 0.327 e. The second-order valence-electron chi connectivity index (χ2n) is 3.81. The van der Waals surface area contributed by atoms with Crippen LogP contribution in [0.5, 0.6) is 0 Å². The van der Waals surface area contributed by atoms with Crippen molar-refractivity contribution in [3.05, 3.63) is 0 Å². The van der Waals surface area contributed by atoms with E-state index in [1.807, 2.05) is 0 Å². The van der Waals surface area contributed by atoms with Gasteiger partial charge in [0, 0.05) is 12.6 Å². The molecule has 2 fully saturated rings. The zero-order valence-electron chi connectivity index (χ0n) is 8.14. The van der Waals surface area contributed by atoms with Gasteiger partial charge in [0.2, 0.25) is 0 Å². The van der Waals surface area contributed by atoms with E-state index in [4.69, 9.17) is 5.11 Å². The van der Waals surface area contributed by atoms with Crippen LogP contribution >= 0.6 is 0 Å². The molecule has 1 unspecified atom stereocenters. The highest BCUT2D eigenvalue weighted by molar-refractivity contribution is 6.04. The maximum atomic E-state index is 11.7. The van der Waals surface area contributed by atoms with Crippen LogP contribution in [0.2, 0.25) is 0 Å². The molecule has 0 radical (unpaired) electrons. The van der Waals surface area contributed by atoms with Gasteiger partial charge in [-0.25, -0.2) is 4.79 Å². The van der Waals surface area contributed by atoms with E-state index in [0.717, 1.165) is 12.8 Å². The van der Waals surface area contributed by atoms with Crippen molar-refractivity contribution in [3.63, 3.8) is 0 Å². The number of carbonyl (C=O) groups excluding carboxylic acids is 2. The van der Waals surface area contributed by atoms with Crippen molar-refractivity contribution in [2.24, 2.45) is 0 Å². The summed E-state index contributed by atoms with van der Waals surface area (Å²) in [6.45, 7) is 1.86. The number of urea groups is 1. The van der Waals surface area contributed by atoms with Gasteiger partial charge < -0.3 is 10.0 Å². The Morgan fingerprint density at radius 1 is 1.43 bits per heavy atom. The van der Waals surface area contributed by atoms with Gasteiger partial charge >= 0.3 is 6.03 Å². The maximum absolute atomic E-state index is 11.7. The number of hydrogen-bond donors (Lipinski definition) is 1. The predicted molar refractivity (Wildman–Crippen MR) is 48.5 cm³/mol. The molecule has 2 aliphatic rings. The van der Waals surface area contributed by atoms with E-state index in [1.54, 1.807) is 6.92 Å². The zero-order chi connectivity index (χ0) is 10.3. The molecule has 1 N–H and O–H groups in total. The molecule has 5 nitrogen and oxygen atoms in total. The largest absolute Gasteiger partial charge is 0.395 e. The first-order valence-electron chi connectivity index (χ1n) is 4.91. The van der Waals surface area contributed by atoms with Crippen LogP contribution in [0.15, 0.2) is 0 Å². The van der Waals surface area contributed by atoms with E-state index in [-0.39, 0.29) is 31.1 Å². The van der Waals surface area contributed by atoms with Crippen molar-refractivity contribution in [1.82, 2.24) is 9.80 Å². The number of hydrogen-bond acceptors (Lipinski definition) is 3. The van der Waals surface area contributed by atoms with Gasteiger partial charge in [-0.2, -0.15) is 0 Å². The average molecular weight is 198 g/mol. The second kappa shape index (κ2) is 3.24. The number of imide groups is 1. The van der Waals surface area contributed by atoms with E-state index >= 15 is 0 Å². The van der Waals surface area contributed by atoms with Gasteiger partial charge in [0.25, 0.3) is 5.91 Å². The van der Waals surface area contributed by atoms with Crippen molar-refractivity contribution in [3.8, 4) is 0 Å². The van der Waals surface area contributed by atoms with Crippen LogP contribution in [-0.2, 0) is 4.79 Å². The lowest BCUT2D eigenvalue weighted by Gasteiger charge is -2.17. The summed E-state index contributed by atoms with van der Waals surface area (Å²) in [5, 5.41) is 8.77. The highest BCUT2D eigenvalue weighted by Gasteiger charge is 2.48. The van der Waals surface area contributed by atoms with Gasteiger partial charge in [-0.05, 0) is 19.8 Å². The Labute approximate surface area is 82.3 Å². The lowest BCUT2D eigenvalue weighted by molar-refractivity contribution is -0.128. The van der Waals surface area contributed by atoms with Crippen LogP contribution in [0, 0.1) is 0 Å². The Hall–Kier alpha value is -1.10. The van der Waals surface area contributed by atoms with Crippen molar-refractivity contribution < 1.29 is 14.7 Å². The topological polar surface area (TPSA) is 60.9 Å². The molecule has 5 heteroatoms. The third-order valence-corrected chi connectivity index (χ3v) is 2.77. The molecular formula is C9H14N2O3. The maximum Gasteiger partial charge on any atom is 0.327 e. The Morgan fingerprint density at radius 2 is 2.07 bits per heavy atom. The number of nitrogens with zero attached hydrogens (tertiary/aromatic N) is 2. The molecule has 1 saturated carbocycles. The molecule has 1 atom stereocenters. The minimum Gasteiger partial charge on any atom is -0.395 e. The zero-order valence-corrected chi connectivity index (χ0v) is 8.14. The minimum atomic E-state index is -0.407. The third kappa shape index (κ3) is 1.28. The molecule has 1 aliphatic heterocycles. The first-order valence-corrected chi connectivity index (χ1v) is 4.91. The number of aliphatic hydroxyl groups is 1. The monoisotopic (exact) mass is 198 g/mol. The summed E-state index contributed by atoms with van der Waals surface area (Å²) in [5.74, 6) is -0.119. The van der Waals surface area contributed by atoms with Crippen molar-refractivity contribution >= 4 is 11.9 Å². The lowest BCUT2D eigenvalue weighted by atomic mass is 10.3. The van der Waals surface area contributed by atoms with E-state index in [9.17, 15) is 9.59 Å². The summed E-state index contributed by atoms with van der Waals surface area (Å²) >= 11 is 0. The fraction of sp³-hybridized carbons (Fsp3) is 0.778. The molecule has 2 rings (SSSR count). The number of amides is 3. The Bertz CT molecular complexity index is 275. The summed E-state index contributed by atoms with van der Waals surface area (Å²) in [6.07, 6.45) is 1.86.